The van der Waals surface area contributed by atoms with Crippen LogP contribution < -0.4 is 4.90 Å². The Kier molecular flexibility index (Phi) is 9.28. The Labute approximate surface area is 364 Å². The van der Waals surface area contributed by atoms with Gasteiger partial charge in [-0.15, -0.1) is 0 Å². The number of hydrogen-bond acceptors (Lipinski definition) is 1. The van der Waals surface area contributed by atoms with Crippen molar-refractivity contribution in [3.05, 3.63) is 255 Å². The molecule has 0 saturated carbocycles. The second-order valence-corrected chi connectivity index (χ2v) is 15.7. The van der Waals surface area contributed by atoms with E-state index in [1.54, 1.807) is 0 Å². The molecule has 0 aliphatic carbocycles. The highest BCUT2D eigenvalue weighted by molar-refractivity contribution is 6.10. The third kappa shape index (κ3) is 7.04. The largest absolute Gasteiger partial charge is 0.311 e. The number of benzene rings is 10. The van der Waals surface area contributed by atoms with E-state index >= 15 is 0 Å². The Bertz CT molecular complexity index is 3230. The molecule has 0 radical (unpaired) electrons. The van der Waals surface area contributed by atoms with Crippen LogP contribution in [0.15, 0.2) is 255 Å². The first-order valence-corrected chi connectivity index (χ1v) is 21.2. The fourth-order valence-electron chi connectivity index (χ4n) is 8.82. The van der Waals surface area contributed by atoms with E-state index in [1.165, 1.54) is 44.5 Å². The zero-order valence-electron chi connectivity index (χ0n) is 35.1. The molecule has 1 aromatic heterocycles. The SMILES string of the molecule is [2H]c1ccc2c(c1)c1cc(-c3ccc(N(c4ccc(-c5cccc(-c6ccccc6)c5)cc4)c4ccc(-c5cccc(-c6ccccc6)c5)cc4)cc3)ccc1n2-c1ccccc1. The number of rotatable bonds is 9. The highest BCUT2D eigenvalue weighted by Gasteiger charge is 2.16. The Morgan fingerprint density at radius 1 is 0.274 bits per heavy atom. The summed E-state index contributed by atoms with van der Waals surface area (Å²) in [5.74, 6) is 0. The number of para-hydroxylation sites is 2. The highest BCUT2D eigenvalue weighted by atomic mass is 15.1. The number of aromatic nitrogens is 1. The first-order chi connectivity index (χ1) is 31.1. The molecule has 2 nitrogen and oxygen atoms in total. The van der Waals surface area contributed by atoms with Gasteiger partial charge in [0, 0.05) is 33.5 Å². The number of fused-ring (bicyclic) bond motifs is 3. The van der Waals surface area contributed by atoms with E-state index in [9.17, 15) is 0 Å². The summed E-state index contributed by atoms with van der Waals surface area (Å²) in [7, 11) is 0. The average Bonchev–Trinajstić information content (AvgIpc) is 3.68. The predicted octanol–water partition coefficient (Wildman–Crippen LogP) is 16.6. The lowest BCUT2D eigenvalue weighted by Gasteiger charge is -2.26. The van der Waals surface area contributed by atoms with Crippen LogP contribution in [0.3, 0.4) is 0 Å². The summed E-state index contributed by atoms with van der Waals surface area (Å²) in [4.78, 5) is 2.34. The van der Waals surface area contributed by atoms with E-state index in [0.29, 0.717) is 6.04 Å². The van der Waals surface area contributed by atoms with Crippen LogP contribution in [0.25, 0.3) is 83.1 Å². The maximum Gasteiger partial charge on any atom is 0.0623 e. The molecular formula is C60H42N2. The zero-order chi connectivity index (χ0) is 42.1. The van der Waals surface area contributed by atoms with E-state index in [0.717, 1.165) is 55.7 Å². The van der Waals surface area contributed by atoms with Crippen LogP contribution in [0.5, 0.6) is 0 Å². The van der Waals surface area contributed by atoms with Gasteiger partial charge in [-0.1, -0.05) is 176 Å². The Hall–Kier alpha value is -8.20. The molecule has 0 atom stereocenters. The quantitative estimate of drug-likeness (QED) is 0.141. The van der Waals surface area contributed by atoms with Crippen molar-refractivity contribution in [2.24, 2.45) is 0 Å². The third-order valence-corrected chi connectivity index (χ3v) is 11.9. The minimum atomic E-state index is 0.506. The summed E-state index contributed by atoms with van der Waals surface area (Å²) in [6.45, 7) is 0. The molecule has 0 aliphatic heterocycles. The summed E-state index contributed by atoms with van der Waals surface area (Å²) in [6.07, 6.45) is 0. The van der Waals surface area contributed by atoms with Gasteiger partial charge in [-0.05, 0) is 134 Å². The summed E-state index contributed by atoms with van der Waals surface area (Å²) < 4.78 is 10.8. The average molecular weight is 792 g/mol. The van der Waals surface area contributed by atoms with Gasteiger partial charge in [0.2, 0.25) is 0 Å². The molecule has 0 aliphatic rings. The fourth-order valence-corrected chi connectivity index (χ4v) is 8.82. The first-order valence-electron chi connectivity index (χ1n) is 21.7. The Balaban J connectivity index is 0.962. The molecule has 0 unspecified atom stereocenters. The van der Waals surface area contributed by atoms with E-state index in [1.807, 2.05) is 18.2 Å². The van der Waals surface area contributed by atoms with E-state index in [-0.39, 0.29) is 0 Å². The van der Waals surface area contributed by atoms with Crippen LogP contribution in [0.4, 0.5) is 17.1 Å². The Morgan fingerprint density at radius 3 is 1.11 bits per heavy atom. The summed E-state index contributed by atoms with van der Waals surface area (Å²) in [6, 6.07) is 89.0. The van der Waals surface area contributed by atoms with Crippen molar-refractivity contribution in [3.63, 3.8) is 0 Å². The molecule has 10 aromatic carbocycles. The standard InChI is InChI=1S/C60H42N2/c1-4-14-43(15-5-1)48-18-12-20-50(40-48)45-26-33-54(34-27-45)61(55-35-28-46(29-36-55)51-21-13-19-49(41-51)44-16-6-2-7-17-44)56-37-30-47(31-38-56)52-32-39-60-58(42-52)57-24-10-11-25-59(57)62(60)53-22-8-3-9-23-53/h1-42H/i10D. The van der Waals surface area contributed by atoms with Gasteiger partial charge >= 0.3 is 0 Å². The number of hydrogen-bond donors (Lipinski definition) is 0. The van der Waals surface area contributed by atoms with Crippen molar-refractivity contribution in [2.75, 3.05) is 4.90 Å². The van der Waals surface area contributed by atoms with Gasteiger partial charge in [0.05, 0.1) is 12.4 Å². The zero-order valence-corrected chi connectivity index (χ0v) is 34.1. The van der Waals surface area contributed by atoms with Gasteiger partial charge in [0.15, 0.2) is 0 Å². The summed E-state index contributed by atoms with van der Waals surface area (Å²) in [5, 5.41) is 2.21. The van der Waals surface area contributed by atoms with Crippen LogP contribution in [0.2, 0.25) is 0 Å². The maximum atomic E-state index is 8.47. The Morgan fingerprint density at radius 2 is 0.645 bits per heavy atom. The molecular weight excluding hydrogens is 749 g/mol. The fraction of sp³-hybridized carbons (Fsp3) is 0. The minimum absolute atomic E-state index is 0.506. The lowest BCUT2D eigenvalue weighted by atomic mass is 9.98. The highest BCUT2D eigenvalue weighted by Crippen LogP contribution is 2.40. The first kappa shape index (κ1) is 35.7. The van der Waals surface area contributed by atoms with Gasteiger partial charge in [-0.25, -0.2) is 0 Å². The van der Waals surface area contributed by atoms with Crippen LogP contribution in [-0.4, -0.2) is 4.57 Å². The molecule has 62 heavy (non-hydrogen) atoms. The van der Waals surface area contributed by atoms with Gasteiger partial charge in [-0.2, -0.15) is 0 Å². The smallest absolute Gasteiger partial charge is 0.0623 e. The second kappa shape index (κ2) is 16.1. The lowest BCUT2D eigenvalue weighted by Crippen LogP contribution is -2.09. The number of anilines is 3. The van der Waals surface area contributed by atoms with Crippen molar-refractivity contribution in [1.29, 1.82) is 0 Å². The summed E-state index contributed by atoms with van der Waals surface area (Å²) in [5.41, 5.74) is 18.3. The molecule has 1 heterocycles. The van der Waals surface area contributed by atoms with Crippen molar-refractivity contribution in [1.82, 2.24) is 4.57 Å². The molecule has 0 amide bonds. The van der Waals surface area contributed by atoms with Crippen LogP contribution >= 0.6 is 0 Å². The second-order valence-electron chi connectivity index (χ2n) is 15.7. The topological polar surface area (TPSA) is 8.17 Å². The monoisotopic (exact) mass is 791 g/mol. The molecule has 0 fully saturated rings. The lowest BCUT2D eigenvalue weighted by molar-refractivity contribution is 1.18. The van der Waals surface area contributed by atoms with Crippen molar-refractivity contribution >= 4 is 38.9 Å². The van der Waals surface area contributed by atoms with E-state index in [4.69, 9.17) is 1.37 Å². The molecule has 0 spiro atoms. The molecule has 292 valence electrons. The van der Waals surface area contributed by atoms with Crippen LogP contribution in [0.1, 0.15) is 1.37 Å². The van der Waals surface area contributed by atoms with Crippen molar-refractivity contribution in [2.45, 2.75) is 0 Å². The van der Waals surface area contributed by atoms with Crippen molar-refractivity contribution in [3.8, 4) is 61.3 Å². The van der Waals surface area contributed by atoms with Gasteiger partial charge < -0.3 is 9.47 Å². The van der Waals surface area contributed by atoms with Gasteiger partial charge in [0.1, 0.15) is 0 Å². The maximum absolute atomic E-state index is 8.47. The van der Waals surface area contributed by atoms with E-state index < -0.39 is 0 Å². The van der Waals surface area contributed by atoms with Crippen LogP contribution in [0, 0.1) is 0 Å². The molecule has 2 heteroatoms. The van der Waals surface area contributed by atoms with E-state index in [2.05, 4.69) is 240 Å². The minimum Gasteiger partial charge on any atom is -0.311 e. The predicted molar refractivity (Wildman–Crippen MR) is 263 cm³/mol. The molecule has 0 N–H and O–H groups in total. The van der Waals surface area contributed by atoms with Gasteiger partial charge in [0.25, 0.3) is 0 Å². The molecule has 11 aromatic rings. The van der Waals surface area contributed by atoms with Crippen molar-refractivity contribution < 1.29 is 1.37 Å². The van der Waals surface area contributed by atoms with Crippen LogP contribution in [-0.2, 0) is 0 Å². The molecule has 11 rings (SSSR count). The van der Waals surface area contributed by atoms with Gasteiger partial charge in [-0.3, -0.25) is 0 Å². The normalized spacial score (nSPS) is 11.5. The summed E-state index contributed by atoms with van der Waals surface area (Å²) >= 11 is 0. The molecule has 0 bridgehead atoms. The number of nitrogens with zero attached hydrogens (tertiary/aromatic N) is 2. The third-order valence-electron chi connectivity index (χ3n) is 11.9. The molecule has 0 saturated heterocycles.